The molecule has 0 fully saturated rings. The molecule has 0 rings (SSSR count). The molecule has 4 heteroatoms. The summed E-state index contributed by atoms with van der Waals surface area (Å²) in [6.45, 7) is 2.58. The van der Waals surface area contributed by atoms with E-state index in [2.05, 4.69) is 4.74 Å². The maximum Gasteiger partial charge on any atom is 0.316 e. The van der Waals surface area contributed by atoms with E-state index in [1.54, 1.807) is 6.92 Å². The Labute approximate surface area is 65.8 Å². The molecule has 11 heavy (non-hydrogen) atoms. The third kappa shape index (κ3) is 2.48. The van der Waals surface area contributed by atoms with Crippen LogP contribution in [0.15, 0.2) is 0 Å². The monoisotopic (exact) mass is 162 g/mol. The summed E-state index contributed by atoms with van der Waals surface area (Å²) in [5.41, 5.74) is -1.16. The van der Waals surface area contributed by atoms with Crippen molar-refractivity contribution in [3.8, 4) is 0 Å². The van der Waals surface area contributed by atoms with Crippen molar-refractivity contribution in [3.05, 3.63) is 0 Å². The molecule has 0 atom stereocenters. The Morgan fingerprint density at radius 2 is 1.91 bits per heavy atom. The van der Waals surface area contributed by atoms with Crippen LogP contribution < -0.4 is 0 Å². The van der Waals surface area contributed by atoms with Crippen LogP contribution in [0, 0.1) is 5.41 Å². The van der Waals surface area contributed by atoms with Gasteiger partial charge in [-0.1, -0.05) is 0 Å². The maximum absolute atomic E-state index is 11.0. The lowest BCUT2D eigenvalue weighted by molar-refractivity contribution is -0.159. The summed E-state index contributed by atoms with van der Waals surface area (Å²) in [7, 11) is 0. The van der Waals surface area contributed by atoms with E-state index in [4.69, 9.17) is 10.2 Å². The molecule has 0 aliphatic rings. The summed E-state index contributed by atoms with van der Waals surface area (Å²) in [4.78, 5) is 11.0. The van der Waals surface area contributed by atoms with Crippen LogP contribution in [-0.4, -0.2) is 36.0 Å². The molecule has 0 heterocycles. The Hall–Kier alpha value is -0.610. The summed E-state index contributed by atoms with van der Waals surface area (Å²) in [6, 6.07) is 0. The maximum atomic E-state index is 11.0. The van der Waals surface area contributed by atoms with Crippen molar-refractivity contribution >= 4 is 5.97 Å². The second-order valence-electron chi connectivity index (χ2n) is 2.60. The van der Waals surface area contributed by atoms with Gasteiger partial charge in [0.1, 0.15) is 5.41 Å². The van der Waals surface area contributed by atoms with Crippen LogP contribution in [0.3, 0.4) is 0 Å². The molecule has 0 aromatic heterocycles. The van der Waals surface area contributed by atoms with E-state index < -0.39 is 24.6 Å². The third-order valence-electron chi connectivity index (χ3n) is 1.47. The average Bonchev–Trinajstić information content (AvgIpc) is 2.03. The zero-order chi connectivity index (χ0) is 8.91. The second kappa shape index (κ2) is 4.31. The molecule has 66 valence electrons. The van der Waals surface area contributed by atoms with Crippen LogP contribution in [0.4, 0.5) is 0 Å². The largest absolute Gasteiger partial charge is 0.465 e. The molecule has 0 bridgehead atoms. The van der Waals surface area contributed by atoms with Gasteiger partial charge in [-0.3, -0.25) is 4.79 Å². The number of hydrogen-bond donors (Lipinski definition) is 2. The summed E-state index contributed by atoms with van der Waals surface area (Å²) in [6.07, 6.45) is 0. The normalized spacial score (nSPS) is 11.3. The summed E-state index contributed by atoms with van der Waals surface area (Å²) >= 11 is 0. The van der Waals surface area contributed by atoms with Crippen molar-refractivity contribution in [2.75, 3.05) is 19.8 Å². The van der Waals surface area contributed by atoms with Crippen molar-refractivity contribution < 1.29 is 19.7 Å². The van der Waals surface area contributed by atoms with Gasteiger partial charge in [0.15, 0.2) is 0 Å². The van der Waals surface area contributed by atoms with E-state index in [0.29, 0.717) is 0 Å². The molecule has 4 nitrogen and oxygen atoms in total. The van der Waals surface area contributed by atoms with Gasteiger partial charge in [-0.2, -0.15) is 0 Å². The number of hydrogen-bond acceptors (Lipinski definition) is 4. The molecule has 0 saturated heterocycles. The van der Waals surface area contributed by atoms with Gasteiger partial charge in [0, 0.05) is 0 Å². The fourth-order valence-corrected chi connectivity index (χ4v) is 0.484. The molecular weight excluding hydrogens is 148 g/mol. The Balaban J connectivity index is 4.12. The second-order valence-corrected chi connectivity index (χ2v) is 2.60. The van der Waals surface area contributed by atoms with Gasteiger partial charge >= 0.3 is 5.97 Å². The molecule has 0 radical (unpaired) electrons. The molecule has 0 amide bonds. The Morgan fingerprint density at radius 3 is 2.18 bits per heavy atom. The Kier molecular flexibility index (Phi) is 4.07. The number of ether oxygens (including phenoxy) is 1. The van der Waals surface area contributed by atoms with Gasteiger partial charge < -0.3 is 14.9 Å². The highest BCUT2D eigenvalue weighted by atomic mass is 16.5. The molecule has 0 saturated carbocycles. The first-order valence-corrected chi connectivity index (χ1v) is 3.49. The smallest absolute Gasteiger partial charge is 0.316 e. The lowest BCUT2D eigenvalue weighted by Crippen LogP contribution is -2.37. The number of esters is 1. The molecule has 0 aromatic carbocycles. The van der Waals surface area contributed by atoms with Crippen molar-refractivity contribution in [1.29, 1.82) is 0 Å². The van der Waals surface area contributed by atoms with Gasteiger partial charge in [-0.05, 0) is 13.8 Å². The van der Waals surface area contributed by atoms with Gasteiger partial charge in [0.25, 0.3) is 0 Å². The lowest BCUT2D eigenvalue weighted by Gasteiger charge is -2.21. The SMILES string of the molecule is CCOC(=O)C(C)(CO)CO. The van der Waals surface area contributed by atoms with Crippen LogP contribution in [0.5, 0.6) is 0 Å². The number of aliphatic hydroxyl groups is 2. The Bertz CT molecular complexity index is 128. The van der Waals surface area contributed by atoms with Gasteiger partial charge in [0.2, 0.25) is 0 Å². The fraction of sp³-hybridized carbons (Fsp3) is 0.857. The topological polar surface area (TPSA) is 66.8 Å². The molecule has 0 aliphatic carbocycles. The minimum Gasteiger partial charge on any atom is -0.465 e. The number of aliphatic hydroxyl groups excluding tert-OH is 2. The highest BCUT2D eigenvalue weighted by Gasteiger charge is 2.33. The first-order valence-electron chi connectivity index (χ1n) is 3.49. The Morgan fingerprint density at radius 1 is 1.45 bits per heavy atom. The quantitative estimate of drug-likeness (QED) is 0.549. The number of carbonyl (C=O) groups excluding carboxylic acids is 1. The highest BCUT2D eigenvalue weighted by Crippen LogP contribution is 2.15. The number of rotatable bonds is 4. The van der Waals surface area contributed by atoms with E-state index in [1.165, 1.54) is 6.92 Å². The van der Waals surface area contributed by atoms with Crippen molar-refractivity contribution in [1.82, 2.24) is 0 Å². The van der Waals surface area contributed by atoms with Crippen molar-refractivity contribution in [2.24, 2.45) is 5.41 Å². The van der Waals surface area contributed by atoms with E-state index in [0.717, 1.165) is 0 Å². The zero-order valence-electron chi connectivity index (χ0n) is 6.83. The van der Waals surface area contributed by atoms with E-state index in [-0.39, 0.29) is 6.61 Å². The summed E-state index contributed by atoms with van der Waals surface area (Å²) < 4.78 is 4.63. The molecule has 0 spiro atoms. The van der Waals surface area contributed by atoms with Crippen molar-refractivity contribution in [3.63, 3.8) is 0 Å². The van der Waals surface area contributed by atoms with Crippen LogP contribution in [0.25, 0.3) is 0 Å². The molecule has 0 unspecified atom stereocenters. The highest BCUT2D eigenvalue weighted by molar-refractivity contribution is 5.76. The first-order chi connectivity index (χ1) is 5.10. The van der Waals surface area contributed by atoms with Gasteiger partial charge in [0.05, 0.1) is 19.8 Å². The zero-order valence-corrected chi connectivity index (χ0v) is 6.83. The van der Waals surface area contributed by atoms with Crippen LogP contribution in [0.2, 0.25) is 0 Å². The lowest BCUT2D eigenvalue weighted by atomic mass is 9.93. The minimum absolute atomic E-state index is 0.258. The fourth-order valence-electron chi connectivity index (χ4n) is 0.484. The van der Waals surface area contributed by atoms with E-state index in [1.807, 2.05) is 0 Å². The first kappa shape index (κ1) is 10.4. The van der Waals surface area contributed by atoms with E-state index in [9.17, 15) is 4.79 Å². The van der Waals surface area contributed by atoms with E-state index >= 15 is 0 Å². The molecule has 2 N–H and O–H groups in total. The third-order valence-corrected chi connectivity index (χ3v) is 1.47. The van der Waals surface area contributed by atoms with Crippen molar-refractivity contribution in [2.45, 2.75) is 13.8 Å². The van der Waals surface area contributed by atoms with Crippen LogP contribution in [-0.2, 0) is 9.53 Å². The summed E-state index contributed by atoms with van der Waals surface area (Å²) in [5, 5.41) is 17.4. The standard InChI is InChI=1S/C7H14O4/c1-3-11-6(10)7(2,4-8)5-9/h8-9H,3-5H2,1-2H3. The van der Waals surface area contributed by atoms with Crippen LogP contribution in [0.1, 0.15) is 13.8 Å². The van der Waals surface area contributed by atoms with Crippen LogP contribution >= 0.6 is 0 Å². The van der Waals surface area contributed by atoms with Gasteiger partial charge in [-0.25, -0.2) is 0 Å². The molecule has 0 aliphatic heterocycles. The predicted molar refractivity (Wildman–Crippen MR) is 38.9 cm³/mol. The molecule has 0 aromatic rings. The molecular formula is C7H14O4. The average molecular weight is 162 g/mol. The summed E-state index contributed by atoms with van der Waals surface area (Å²) in [5.74, 6) is -0.565. The van der Waals surface area contributed by atoms with Gasteiger partial charge in [-0.15, -0.1) is 0 Å². The minimum atomic E-state index is -1.16. The number of carbonyl (C=O) groups is 1. The predicted octanol–water partition coefficient (Wildman–Crippen LogP) is -0.460.